The van der Waals surface area contributed by atoms with Crippen LogP contribution in [-0.2, 0) is 16.0 Å². The van der Waals surface area contributed by atoms with Gasteiger partial charge in [0.15, 0.2) is 5.75 Å². The Hall–Kier alpha value is -4.10. The average molecular weight is 548 g/mol. The maximum Gasteiger partial charge on any atom is 0.326 e. The number of carbonyl (C=O) groups is 1. The molecule has 0 bridgehead atoms. The normalized spacial score (nSPS) is 20.0. The summed E-state index contributed by atoms with van der Waals surface area (Å²) in [6.45, 7) is 3.63. The molecule has 1 amide bonds. The van der Waals surface area contributed by atoms with Crippen molar-refractivity contribution in [1.29, 1.82) is 0 Å². The molecule has 13 heteroatoms. The van der Waals surface area contributed by atoms with E-state index in [-0.39, 0.29) is 35.6 Å². The Bertz CT molecular complexity index is 1600. The molecule has 3 aliphatic rings. The third-order valence-electron chi connectivity index (χ3n) is 8.22. The first-order valence-electron chi connectivity index (χ1n) is 13.5. The number of hydrogen-bond acceptors (Lipinski definition) is 10. The Labute approximate surface area is 229 Å². The standard InChI is InChI=1S/C27H30FN9O3/c1-30-18-9-15(28)8-17-22-24(33-23(17)18)34-26(35-25(22)37-13-19(29)27(14-37)2-3-27)40-16-11-31-20(32-12-16)10-21(38)36-4-6-39-7-5-36/h8-9,11-12,19,30H,2-7,10,13-14,29H2,1H3,(H,33,34,35)/t19-/m0/s1. The molecule has 3 aromatic heterocycles. The van der Waals surface area contributed by atoms with Gasteiger partial charge in [0.05, 0.1) is 48.6 Å². The van der Waals surface area contributed by atoms with Gasteiger partial charge in [-0.3, -0.25) is 4.79 Å². The summed E-state index contributed by atoms with van der Waals surface area (Å²) in [4.78, 5) is 37.8. The zero-order valence-corrected chi connectivity index (χ0v) is 22.1. The molecule has 208 valence electrons. The van der Waals surface area contributed by atoms with Gasteiger partial charge in [-0.15, -0.1) is 0 Å². The Morgan fingerprint density at radius 2 is 2.02 bits per heavy atom. The van der Waals surface area contributed by atoms with E-state index in [0.29, 0.717) is 67.0 Å². The van der Waals surface area contributed by atoms with Crippen molar-refractivity contribution in [3.63, 3.8) is 0 Å². The van der Waals surface area contributed by atoms with Crippen LogP contribution in [0.1, 0.15) is 18.7 Å². The Morgan fingerprint density at radius 1 is 1.25 bits per heavy atom. The lowest BCUT2D eigenvalue weighted by molar-refractivity contribution is -0.134. The number of amides is 1. The number of aromatic nitrogens is 5. The fourth-order valence-electron chi connectivity index (χ4n) is 5.79. The highest BCUT2D eigenvalue weighted by Gasteiger charge is 2.54. The van der Waals surface area contributed by atoms with Gasteiger partial charge in [-0.05, 0) is 25.0 Å². The summed E-state index contributed by atoms with van der Waals surface area (Å²) < 4.78 is 25.9. The number of benzene rings is 1. The number of rotatable bonds is 6. The molecule has 7 rings (SSSR count). The van der Waals surface area contributed by atoms with Crippen LogP contribution in [0.5, 0.6) is 11.8 Å². The maximum absolute atomic E-state index is 14.6. The number of fused-ring (bicyclic) bond motifs is 3. The van der Waals surface area contributed by atoms with Crippen molar-refractivity contribution in [1.82, 2.24) is 29.8 Å². The van der Waals surface area contributed by atoms with Crippen LogP contribution >= 0.6 is 0 Å². The molecule has 1 aliphatic carbocycles. The van der Waals surface area contributed by atoms with Crippen molar-refractivity contribution in [2.75, 3.05) is 56.7 Å². The average Bonchev–Trinajstić information content (AvgIpc) is 3.55. The molecule has 1 spiro atoms. The number of morpholine rings is 1. The van der Waals surface area contributed by atoms with Crippen molar-refractivity contribution >= 4 is 39.3 Å². The number of nitrogens with one attached hydrogen (secondary N) is 2. The molecule has 1 atom stereocenters. The second-order valence-corrected chi connectivity index (χ2v) is 10.8. The van der Waals surface area contributed by atoms with Crippen molar-refractivity contribution in [3.8, 4) is 11.8 Å². The van der Waals surface area contributed by atoms with Gasteiger partial charge < -0.3 is 35.3 Å². The molecule has 3 fully saturated rings. The van der Waals surface area contributed by atoms with E-state index in [2.05, 4.69) is 30.2 Å². The van der Waals surface area contributed by atoms with Crippen LogP contribution in [0, 0.1) is 11.2 Å². The van der Waals surface area contributed by atoms with Gasteiger partial charge in [0.1, 0.15) is 23.1 Å². The minimum atomic E-state index is -0.356. The minimum Gasteiger partial charge on any atom is -0.421 e. The summed E-state index contributed by atoms with van der Waals surface area (Å²) in [6.07, 6.45) is 5.29. The third-order valence-corrected chi connectivity index (χ3v) is 8.22. The van der Waals surface area contributed by atoms with Gasteiger partial charge in [-0.2, -0.15) is 9.97 Å². The number of halogens is 1. The van der Waals surface area contributed by atoms with Crippen molar-refractivity contribution in [3.05, 3.63) is 36.2 Å². The monoisotopic (exact) mass is 547 g/mol. The van der Waals surface area contributed by atoms with E-state index in [1.807, 2.05) is 0 Å². The fraction of sp³-hybridized carbons (Fsp3) is 0.444. The van der Waals surface area contributed by atoms with Crippen LogP contribution in [0.2, 0.25) is 0 Å². The molecular formula is C27H30FN9O3. The Morgan fingerprint density at radius 3 is 2.73 bits per heavy atom. The van der Waals surface area contributed by atoms with Crippen molar-refractivity contribution < 1.29 is 18.7 Å². The van der Waals surface area contributed by atoms with E-state index < -0.39 is 0 Å². The van der Waals surface area contributed by atoms with Gasteiger partial charge in [0.25, 0.3) is 0 Å². The first-order valence-corrected chi connectivity index (χ1v) is 13.5. The summed E-state index contributed by atoms with van der Waals surface area (Å²) >= 11 is 0. The molecule has 1 saturated carbocycles. The third kappa shape index (κ3) is 4.34. The predicted molar refractivity (Wildman–Crippen MR) is 146 cm³/mol. The number of aromatic amines is 1. The van der Waals surface area contributed by atoms with E-state index in [1.165, 1.54) is 24.5 Å². The second-order valence-electron chi connectivity index (χ2n) is 10.8. The molecule has 2 aliphatic heterocycles. The molecule has 2 saturated heterocycles. The highest BCUT2D eigenvalue weighted by atomic mass is 19.1. The van der Waals surface area contributed by atoms with Gasteiger partial charge in [0, 0.05) is 50.1 Å². The molecule has 4 aromatic rings. The van der Waals surface area contributed by atoms with Crippen LogP contribution < -0.4 is 20.7 Å². The summed E-state index contributed by atoms with van der Waals surface area (Å²) in [5.74, 6) is 0.988. The van der Waals surface area contributed by atoms with Crippen LogP contribution in [0.25, 0.3) is 21.9 Å². The smallest absolute Gasteiger partial charge is 0.326 e. The first kappa shape index (κ1) is 24.9. The van der Waals surface area contributed by atoms with Gasteiger partial charge in [0.2, 0.25) is 5.91 Å². The number of nitrogens with two attached hydrogens (primary N) is 1. The van der Waals surface area contributed by atoms with Gasteiger partial charge in [-0.25, -0.2) is 14.4 Å². The Balaban J connectivity index is 1.21. The summed E-state index contributed by atoms with van der Waals surface area (Å²) in [5, 5.41) is 4.45. The number of carbonyl (C=O) groups excluding carboxylic acids is 1. The van der Waals surface area contributed by atoms with Gasteiger partial charge in [-0.1, -0.05) is 0 Å². The van der Waals surface area contributed by atoms with Crippen LogP contribution in [0.3, 0.4) is 0 Å². The molecule has 0 radical (unpaired) electrons. The number of ether oxygens (including phenoxy) is 2. The largest absolute Gasteiger partial charge is 0.421 e. The number of anilines is 2. The second kappa shape index (κ2) is 9.52. The summed E-state index contributed by atoms with van der Waals surface area (Å²) in [5.41, 5.74) is 8.50. The zero-order valence-electron chi connectivity index (χ0n) is 22.1. The first-order chi connectivity index (χ1) is 19.4. The molecule has 40 heavy (non-hydrogen) atoms. The lowest BCUT2D eigenvalue weighted by atomic mass is 10.0. The molecular weight excluding hydrogens is 517 g/mol. The molecule has 0 unspecified atom stereocenters. The van der Waals surface area contributed by atoms with E-state index in [4.69, 9.17) is 20.2 Å². The predicted octanol–water partition coefficient (Wildman–Crippen LogP) is 2.20. The maximum atomic E-state index is 14.6. The number of hydrogen-bond donors (Lipinski definition) is 3. The van der Waals surface area contributed by atoms with E-state index >= 15 is 0 Å². The minimum absolute atomic E-state index is 0.0381. The highest BCUT2D eigenvalue weighted by Crippen LogP contribution is 2.53. The van der Waals surface area contributed by atoms with Crippen LogP contribution in [0.15, 0.2) is 24.5 Å². The van der Waals surface area contributed by atoms with E-state index in [1.54, 1.807) is 11.9 Å². The summed E-state index contributed by atoms with van der Waals surface area (Å²) in [6, 6.07) is 3.08. The molecule has 5 heterocycles. The SMILES string of the molecule is CNc1cc(F)cc2c1[nH]c1nc(Oc3cnc(CC(=O)N4CCOCC4)nc3)nc(N3C[C@H](N)C4(CC4)C3)c12. The Kier molecular flexibility index (Phi) is 5.93. The quantitative estimate of drug-likeness (QED) is 0.328. The molecule has 1 aromatic carbocycles. The molecule has 12 nitrogen and oxygen atoms in total. The van der Waals surface area contributed by atoms with Crippen LogP contribution in [0.4, 0.5) is 15.9 Å². The lowest BCUT2D eigenvalue weighted by Gasteiger charge is -2.26. The lowest BCUT2D eigenvalue weighted by Crippen LogP contribution is -2.41. The molecule has 4 N–H and O–H groups in total. The topological polar surface area (TPSA) is 147 Å². The van der Waals surface area contributed by atoms with Crippen molar-refractivity contribution in [2.24, 2.45) is 11.1 Å². The fourth-order valence-corrected chi connectivity index (χ4v) is 5.79. The van der Waals surface area contributed by atoms with Crippen molar-refractivity contribution in [2.45, 2.75) is 25.3 Å². The summed E-state index contributed by atoms with van der Waals surface area (Å²) in [7, 11) is 1.75. The van der Waals surface area contributed by atoms with Crippen LogP contribution in [-0.4, -0.2) is 88.2 Å². The van der Waals surface area contributed by atoms with Gasteiger partial charge >= 0.3 is 6.01 Å². The van der Waals surface area contributed by atoms with E-state index in [9.17, 15) is 9.18 Å². The highest BCUT2D eigenvalue weighted by molar-refractivity contribution is 6.14. The zero-order chi connectivity index (χ0) is 27.4. The number of nitrogens with zero attached hydrogens (tertiary/aromatic N) is 6. The number of H-pyrrole nitrogens is 1. The van der Waals surface area contributed by atoms with E-state index in [0.717, 1.165) is 30.3 Å².